The maximum atomic E-state index is 13.8. The van der Waals surface area contributed by atoms with Crippen LogP contribution >= 0.6 is 11.8 Å². The molecule has 146 valence electrons. The molecule has 0 unspecified atom stereocenters. The van der Waals surface area contributed by atoms with Gasteiger partial charge in [0.2, 0.25) is 11.8 Å². The van der Waals surface area contributed by atoms with E-state index in [1.165, 1.54) is 6.07 Å². The minimum absolute atomic E-state index is 0.0635. The number of nitrogens with one attached hydrogen (secondary N) is 1. The van der Waals surface area contributed by atoms with Crippen molar-refractivity contribution in [1.82, 2.24) is 10.2 Å². The van der Waals surface area contributed by atoms with Gasteiger partial charge >= 0.3 is 0 Å². The Morgan fingerprint density at radius 2 is 2.15 bits per heavy atom. The first-order valence-electron chi connectivity index (χ1n) is 9.51. The summed E-state index contributed by atoms with van der Waals surface area (Å²) in [5, 5.41) is 3.08. The van der Waals surface area contributed by atoms with Crippen molar-refractivity contribution in [2.45, 2.75) is 48.9 Å². The molecule has 1 aromatic carbocycles. The van der Waals surface area contributed by atoms with Crippen LogP contribution < -0.4 is 5.32 Å². The molecule has 27 heavy (non-hydrogen) atoms. The average Bonchev–Trinajstić information content (AvgIpc) is 3.16. The Kier molecular flexibility index (Phi) is 4.93. The number of fused-ring (bicyclic) bond motifs is 1. The number of hydrogen-bond acceptors (Lipinski definition) is 4. The maximum Gasteiger partial charge on any atom is 0.243 e. The molecule has 0 bridgehead atoms. The van der Waals surface area contributed by atoms with E-state index in [-0.39, 0.29) is 27.9 Å². The van der Waals surface area contributed by atoms with Crippen LogP contribution in [0.15, 0.2) is 24.3 Å². The van der Waals surface area contributed by atoms with E-state index < -0.39 is 6.04 Å². The summed E-state index contributed by atoms with van der Waals surface area (Å²) in [6, 6.07) is 6.22. The van der Waals surface area contributed by atoms with Gasteiger partial charge in [-0.1, -0.05) is 12.1 Å². The molecule has 1 N–H and O–H groups in total. The van der Waals surface area contributed by atoms with Gasteiger partial charge in [0.25, 0.3) is 0 Å². The molecular weight excluding hydrogens is 367 g/mol. The Morgan fingerprint density at radius 1 is 1.37 bits per heavy atom. The Balaban J connectivity index is 1.50. The van der Waals surface area contributed by atoms with Crippen molar-refractivity contribution < 1.29 is 18.7 Å². The Morgan fingerprint density at radius 3 is 2.89 bits per heavy atom. The molecule has 3 saturated heterocycles. The van der Waals surface area contributed by atoms with Crippen molar-refractivity contribution in [1.29, 1.82) is 0 Å². The van der Waals surface area contributed by atoms with E-state index >= 15 is 0 Å². The van der Waals surface area contributed by atoms with Gasteiger partial charge in [0.15, 0.2) is 0 Å². The SMILES string of the molecule is C[C@@]12CCC(=O)N1[C@H](C(=O)NCC1(c3cccc(F)c3)CCOCC1)CS2. The van der Waals surface area contributed by atoms with Crippen molar-refractivity contribution in [3.8, 4) is 0 Å². The van der Waals surface area contributed by atoms with Crippen LogP contribution in [0.3, 0.4) is 0 Å². The number of thioether (sulfide) groups is 1. The van der Waals surface area contributed by atoms with Gasteiger partial charge < -0.3 is 15.0 Å². The molecule has 4 rings (SSSR count). The van der Waals surface area contributed by atoms with Crippen LogP contribution in [0.1, 0.15) is 38.2 Å². The summed E-state index contributed by atoms with van der Waals surface area (Å²) >= 11 is 1.69. The molecule has 0 saturated carbocycles. The number of ether oxygens (including phenoxy) is 1. The summed E-state index contributed by atoms with van der Waals surface area (Å²) in [7, 11) is 0. The van der Waals surface area contributed by atoms with Gasteiger partial charge in [0.1, 0.15) is 11.9 Å². The Bertz CT molecular complexity index is 752. The molecule has 0 spiro atoms. The molecule has 1 aromatic rings. The number of carbonyl (C=O) groups excluding carboxylic acids is 2. The number of benzene rings is 1. The van der Waals surface area contributed by atoms with Crippen LogP contribution in [-0.4, -0.2) is 53.1 Å². The third kappa shape index (κ3) is 3.36. The van der Waals surface area contributed by atoms with Crippen LogP contribution in [0.25, 0.3) is 0 Å². The molecule has 0 radical (unpaired) electrons. The van der Waals surface area contributed by atoms with E-state index in [4.69, 9.17) is 4.74 Å². The van der Waals surface area contributed by atoms with E-state index in [0.29, 0.717) is 31.9 Å². The highest BCUT2D eigenvalue weighted by Gasteiger charge is 2.53. The Labute approximate surface area is 163 Å². The lowest BCUT2D eigenvalue weighted by molar-refractivity contribution is -0.138. The second kappa shape index (κ2) is 7.09. The maximum absolute atomic E-state index is 13.8. The second-order valence-corrected chi connectivity index (χ2v) is 9.39. The molecule has 7 heteroatoms. The zero-order chi connectivity index (χ0) is 19.1. The highest BCUT2D eigenvalue weighted by atomic mass is 32.2. The van der Waals surface area contributed by atoms with Crippen LogP contribution in [-0.2, 0) is 19.7 Å². The fourth-order valence-corrected chi connectivity index (χ4v) is 5.97. The van der Waals surface area contributed by atoms with Crippen molar-refractivity contribution in [2.24, 2.45) is 0 Å². The summed E-state index contributed by atoms with van der Waals surface area (Å²) in [6.45, 7) is 3.66. The first-order chi connectivity index (χ1) is 12.9. The highest BCUT2D eigenvalue weighted by molar-refractivity contribution is 8.01. The third-order valence-corrected chi connectivity index (χ3v) is 7.74. The molecule has 3 aliphatic heterocycles. The van der Waals surface area contributed by atoms with Gasteiger partial charge in [0.05, 0.1) is 4.87 Å². The number of nitrogens with zero attached hydrogens (tertiary/aromatic N) is 1. The lowest BCUT2D eigenvalue weighted by atomic mass is 9.74. The van der Waals surface area contributed by atoms with E-state index in [1.54, 1.807) is 28.8 Å². The van der Waals surface area contributed by atoms with Crippen LogP contribution in [0.5, 0.6) is 0 Å². The van der Waals surface area contributed by atoms with Crippen LogP contribution in [0.2, 0.25) is 0 Å². The zero-order valence-corrected chi connectivity index (χ0v) is 16.3. The lowest BCUT2D eigenvalue weighted by Gasteiger charge is -2.38. The fraction of sp³-hybridized carbons (Fsp3) is 0.600. The molecule has 3 fully saturated rings. The second-order valence-electron chi connectivity index (χ2n) is 7.89. The van der Waals surface area contributed by atoms with Crippen molar-refractivity contribution in [2.75, 3.05) is 25.5 Å². The molecule has 5 nitrogen and oxygen atoms in total. The van der Waals surface area contributed by atoms with Crippen molar-refractivity contribution in [3.05, 3.63) is 35.6 Å². The number of hydrogen-bond donors (Lipinski definition) is 1. The van der Waals surface area contributed by atoms with Crippen LogP contribution in [0, 0.1) is 5.82 Å². The van der Waals surface area contributed by atoms with Gasteiger partial charge in [-0.05, 0) is 43.9 Å². The molecule has 3 heterocycles. The minimum atomic E-state index is -0.417. The van der Waals surface area contributed by atoms with E-state index in [0.717, 1.165) is 24.8 Å². The highest BCUT2D eigenvalue weighted by Crippen LogP contribution is 2.47. The standard InChI is InChI=1S/C20H25FN2O3S/c1-19-6-5-17(24)23(19)16(12-27-19)18(25)22-13-20(7-9-26-10-8-20)14-3-2-4-15(21)11-14/h2-4,11,16H,5-10,12-13H2,1H3,(H,22,25)/t16-,19+/m0/s1. The molecule has 2 amide bonds. The molecule has 0 aliphatic carbocycles. The monoisotopic (exact) mass is 392 g/mol. The minimum Gasteiger partial charge on any atom is -0.381 e. The topological polar surface area (TPSA) is 58.6 Å². The molecule has 0 aromatic heterocycles. The molecule has 2 atom stereocenters. The van der Waals surface area contributed by atoms with Crippen molar-refractivity contribution in [3.63, 3.8) is 0 Å². The van der Waals surface area contributed by atoms with Gasteiger partial charge in [-0.25, -0.2) is 4.39 Å². The number of carbonyl (C=O) groups is 2. The number of amides is 2. The predicted molar refractivity (Wildman–Crippen MR) is 102 cm³/mol. The smallest absolute Gasteiger partial charge is 0.243 e. The summed E-state index contributed by atoms with van der Waals surface area (Å²) in [5.74, 6) is 0.317. The number of halogens is 1. The third-order valence-electron chi connectivity index (χ3n) is 6.24. The van der Waals surface area contributed by atoms with Crippen LogP contribution in [0.4, 0.5) is 4.39 Å². The predicted octanol–water partition coefficient (Wildman–Crippen LogP) is 2.44. The van der Waals surface area contributed by atoms with Gasteiger partial charge in [-0.15, -0.1) is 11.8 Å². The Hall–Kier alpha value is -1.60. The normalized spacial score (nSPS) is 29.6. The average molecular weight is 392 g/mol. The van der Waals surface area contributed by atoms with E-state index in [1.807, 2.05) is 13.0 Å². The van der Waals surface area contributed by atoms with Gasteiger partial charge in [-0.2, -0.15) is 0 Å². The number of rotatable bonds is 4. The summed E-state index contributed by atoms with van der Waals surface area (Å²) in [6.07, 6.45) is 2.77. The van der Waals surface area contributed by atoms with Crippen molar-refractivity contribution >= 4 is 23.6 Å². The van der Waals surface area contributed by atoms with Gasteiger partial charge in [0, 0.05) is 37.3 Å². The first kappa shape index (κ1) is 18.7. The molecule has 3 aliphatic rings. The fourth-order valence-electron chi connectivity index (χ4n) is 4.54. The summed E-state index contributed by atoms with van der Waals surface area (Å²) in [4.78, 5) is 26.7. The van der Waals surface area contributed by atoms with Gasteiger partial charge in [-0.3, -0.25) is 9.59 Å². The zero-order valence-electron chi connectivity index (χ0n) is 15.5. The summed E-state index contributed by atoms with van der Waals surface area (Å²) < 4.78 is 19.3. The largest absolute Gasteiger partial charge is 0.381 e. The lowest BCUT2D eigenvalue weighted by Crippen LogP contribution is -2.53. The molecular formula is C20H25FN2O3S. The first-order valence-corrected chi connectivity index (χ1v) is 10.5. The van der Waals surface area contributed by atoms with E-state index in [9.17, 15) is 14.0 Å². The quantitative estimate of drug-likeness (QED) is 0.855. The summed E-state index contributed by atoms with van der Waals surface area (Å²) in [5.41, 5.74) is 0.564. The van der Waals surface area contributed by atoms with E-state index in [2.05, 4.69) is 5.32 Å².